The molecule has 0 amide bonds. The van der Waals surface area contributed by atoms with Crippen LogP contribution in [0.25, 0.3) is 0 Å². The molecule has 1 saturated heterocycles. The van der Waals surface area contributed by atoms with E-state index in [1.54, 1.807) is 0 Å². The molecule has 0 spiro atoms. The van der Waals surface area contributed by atoms with Gasteiger partial charge in [0.15, 0.2) is 0 Å². The highest BCUT2D eigenvalue weighted by molar-refractivity contribution is 4.97. The van der Waals surface area contributed by atoms with Crippen LogP contribution in [0.4, 0.5) is 4.39 Å². The molecule has 0 bridgehead atoms. The molecule has 0 aromatic carbocycles. The molecule has 19 heavy (non-hydrogen) atoms. The number of alkyl halides is 1. The van der Waals surface area contributed by atoms with E-state index in [4.69, 9.17) is 4.74 Å². The van der Waals surface area contributed by atoms with Crippen molar-refractivity contribution in [2.24, 2.45) is 0 Å². The van der Waals surface area contributed by atoms with Gasteiger partial charge in [-0.05, 0) is 13.0 Å². The molecule has 2 heterocycles. The number of hydrogen-bond donors (Lipinski definition) is 0. The first-order valence-electron chi connectivity index (χ1n) is 7.28. The van der Waals surface area contributed by atoms with E-state index in [9.17, 15) is 4.39 Å². The lowest BCUT2D eigenvalue weighted by Crippen LogP contribution is -2.45. The summed E-state index contributed by atoms with van der Waals surface area (Å²) >= 11 is 0. The topological polar surface area (TPSA) is 19.0 Å². The van der Waals surface area contributed by atoms with Crippen molar-refractivity contribution in [3.63, 3.8) is 0 Å². The maximum atomic E-state index is 14.0. The van der Waals surface area contributed by atoms with Crippen molar-refractivity contribution in [3.8, 4) is 0 Å². The third-order valence-corrected chi connectivity index (χ3v) is 3.48. The largest absolute Gasteiger partial charge is 0.379 e. The van der Waals surface area contributed by atoms with E-state index >= 15 is 0 Å². The highest BCUT2D eigenvalue weighted by atomic mass is 19.1. The molecule has 0 aromatic rings. The molecule has 4 nitrogen and oxygen atoms in total. The van der Waals surface area contributed by atoms with Crippen LogP contribution in [0.1, 0.15) is 20.8 Å². The van der Waals surface area contributed by atoms with E-state index < -0.39 is 6.17 Å². The summed E-state index contributed by atoms with van der Waals surface area (Å²) in [5.74, 6) is 0. The number of hydrogen-bond acceptors (Lipinski definition) is 4. The number of hydrazine groups is 1. The van der Waals surface area contributed by atoms with Crippen LogP contribution in [0.3, 0.4) is 0 Å². The van der Waals surface area contributed by atoms with Crippen LogP contribution in [0.15, 0.2) is 12.3 Å². The Hall–Kier alpha value is -0.650. The minimum absolute atomic E-state index is 0.366. The summed E-state index contributed by atoms with van der Waals surface area (Å²) in [5.41, 5.74) is 0. The molecule has 2 aliphatic heterocycles. The monoisotopic (exact) mass is 273 g/mol. The Morgan fingerprint density at radius 3 is 2.42 bits per heavy atom. The molecular weight excluding hydrogens is 245 g/mol. The number of morpholine rings is 1. The lowest BCUT2D eigenvalue weighted by Gasteiger charge is -2.32. The smallest absolute Gasteiger partial charge is 0.132 e. The predicted octanol–water partition coefficient (Wildman–Crippen LogP) is 1.75. The molecule has 0 aliphatic carbocycles. The normalized spacial score (nSPS) is 26.2. The van der Waals surface area contributed by atoms with Gasteiger partial charge in [0.05, 0.1) is 19.8 Å². The third kappa shape index (κ3) is 5.09. The quantitative estimate of drug-likeness (QED) is 0.776. The summed E-state index contributed by atoms with van der Waals surface area (Å²) in [6.07, 6.45) is 3.24. The number of rotatable bonds is 4. The molecule has 0 aromatic heterocycles. The Bertz CT molecular complexity index is 269. The van der Waals surface area contributed by atoms with E-state index in [0.29, 0.717) is 19.1 Å². The molecule has 2 rings (SSSR count). The molecule has 0 radical (unpaired) electrons. The average molecular weight is 273 g/mol. The minimum atomic E-state index is -0.814. The van der Waals surface area contributed by atoms with Crippen molar-refractivity contribution in [1.82, 2.24) is 14.9 Å². The molecule has 112 valence electrons. The van der Waals surface area contributed by atoms with Gasteiger partial charge in [0.25, 0.3) is 0 Å². The molecule has 2 unspecified atom stereocenters. The summed E-state index contributed by atoms with van der Waals surface area (Å²) in [6.45, 7) is 10.2. The van der Waals surface area contributed by atoms with Gasteiger partial charge in [0.2, 0.25) is 0 Å². The third-order valence-electron chi connectivity index (χ3n) is 3.48. The summed E-state index contributed by atoms with van der Waals surface area (Å²) in [6, 6.07) is 0.366. The summed E-state index contributed by atoms with van der Waals surface area (Å²) in [7, 11) is 1.99. The van der Waals surface area contributed by atoms with Crippen LogP contribution in [0.5, 0.6) is 0 Å². The second kappa shape index (κ2) is 8.51. The zero-order chi connectivity index (χ0) is 14.3. The van der Waals surface area contributed by atoms with Gasteiger partial charge in [0, 0.05) is 38.9 Å². The van der Waals surface area contributed by atoms with Crippen molar-refractivity contribution in [3.05, 3.63) is 12.3 Å². The fourth-order valence-electron chi connectivity index (χ4n) is 2.20. The summed E-state index contributed by atoms with van der Waals surface area (Å²) in [5, 5.41) is 4.02. The van der Waals surface area contributed by atoms with E-state index in [0.717, 1.165) is 26.3 Å². The van der Waals surface area contributed by atoms with Gasteiger partial charge in [-0.25, -0.2) is 9.40 Å². The second-order valence-corrected chi connectivity index (χ2v) is 4.79. The standard InChI is InChI=1S/C12H22FN3O.C2H6/c1-11-3-4-16(14(11)2)10-12(13)9-15-5-7-17-8-6-15;1-2/h3-4,11-12H,5-10H2,1-2H3;1-2H3. The Kier molecular flexibility index (Phi) is 7.34. The van der Waals surface area contributed by atoms with Gasteiger partial charge in [0.1, 0.15) is 6.17 Å². The first-order chi connectivity index (χ1) is 9.16. The molecule has 2 aliphatic rings. The number of nitrogens with zero attached hydrogens (tertiary/aromatic N) is 3. The van der Waals surface area contributed by atoms with Crippen molar-refractivity contribution in [1.29, 1.82) is 0 Å². The first-order valence-corrected chi connectivity index (χ1v) is 7.28. The van der Waals surface area contributed by atoms with Crippen LogP contribution in [-0.4, -0.2) is 73.6 Å². The number of halogens is 1. The zero-order valence-corrected chi connectivity index (χ0v) is 12.7. The summed E-state index contributed by atoms with van der Waals surface area (Å²) < 4.78 is 19.2. The first kappa shape index (κ1) is 16.4. The predicted molar refractivity (Wildman–Crippen MR) is 76.6 cm³/mol. The van der Waals surface area contributed by atoms with Gasteiger partial charge >= 0.3 is 0 Å². The van der Waals surface area contributed by atoms with Gasteiger partial charge < -0.3 is 9.75 Å². The lowest BCUT2D eigenvalue weighted by atomic mass is 10.3. The zero-order valence-electron chi connectivity index (χ0n) is 12.7. The molecule has 2 atom stereocenters. The van der Waals surface area contributed by atoms with E-state index in [2.05, 4.69) is 22.9 Å². The van der Waals surface area contributed by atoms with E-state index in [1.807, 2.05) is 32.1 Å². The molecular formula is C14H28FN3O. The molecule has 0 saturated carbocycles. The number of ether oxygens (including phenoxy) is 1. The van der Waals surface area contributed by atoms with Crippen molar-refractivity contribution in [2.45, 2.75) is 33.0 Å². The minimum Gasteiger partial charge on any atom is -0.379 e. The Balaban J connectivity index is 0.000000861. The Morgan fingerprint density at radius 2 is 1.89 bits per heavy atom. The van der Waals surface area contributed by atoms with Gasteiger partial charge in [-0.1, -0.05) is 13.8 Å². The molecule has 5 heteroatoms. The molecule has 1 fully saturated rings. The van der Waals surface area contributed by atoms with Crippen LogP contribution in [0.2, 0.25) is 0 Å². The fraction of sp³-hybridized carbons (Fsp3) is 0.857. The number of likely N-dealkylation sites (N-methyl/N-ethyl adjacent to an activating group) is 1. The SMILES string of the molecule is CC.CC1C=CN(CC(F)CN2CCOCC2)N1C. The highest BCUT2D eigenvalue weighted by Gasteiger charge is 2.23. The van der Waals surface area contributed by atoms with E-state index in [-0.39, 0.29) is 0 Å². The maximum absolute atomic E-state index is 14.0. The van der Waals surface area contributed by atoms with Crippen LogP contribution in [-0.2, 0) is 4.74 Å². The van der Waals surface area contributed by atoms with Crippen LogP contribution in [0, 0.1) is 0 Å². The second-order valence-electron chi connectivity index (χ2n) is 4.79. The highest BCUT2D eigenvalue weighted by Crippen LogP contribution is 2.14. The maximum Gasteiger partial charge on any atom is 0.132 e. The van der Waals surface area contributed by atoms with Crippen molar-refractivity contribution >= 4 is 0 Å². The van der Waals surface area contributed by atoms with Crippen molar-refractivity contribution < 1.29 is 9.13 Å². The van der Waals surface area contributed by atoms with Gasteiger partial charge in [-0.15, -0.1) is 0 Å². The molecule has 0 N–H and O–H groups in total. The van der Waals surface area contributed by atoms with E-state index in [1.165, 1.54) is 0 Å². The fourth-order valence-corrected chi connectivity index (χ4v) is 2.20. The lowest BCUT2D eigenvalue weighted by molar-refractivity contribution is 0.00156. The summed E-state index contributed by atoms with van der Waals surface area (Å²) in [4.78, 5) is 2.14. The van der Waals surface area contributed by atoms with Crippen LogP contribution >= 0.6 is 0 Å². The average Bonchev–Trinajstić information content (AvgIpc) is 2.74. The Labute approximate surface area is 116 Å². The van der Waals surface area contributed by atoms with Crippen LogP contribution < -0.4 is 0 Å². The van der Waals surface area contributed by atoms with Gasteiger partial charge in [-0.3, -0.25) is 4.90 Å². The van der Waals surface area contributed by atoms with Gasteiger partial charge in [-0.2, -0.15) is 0 Å². The van der Waals surface area contributed by atoms with Crippen molar-refractivity contribution in [2.75, 3.05) is 46.4 Å². The Morgan fingerprint density at radius 1 is 1.26 bits per heavy atom.